The van der Waals surface area contributed by atoms with E-state index in [0.717, 1.165) is 72.5 Å². The Balaban J connectivity index is 1.04. The normalized spacial score (nSPS) is 14.2. The summed E-state index contributed by atoms with van der Waals surface area (Å²) >= 11 is 0. The van der Waals surface area contributed by atoms with Gasteiger partial charge >= 0.3 is 0 Å². The van der Waals surface area contributed by atoms with Crippen molar-refractivity contribution in [3.63, 3.8) is 0 Å². The molecule has 0 spiro atoms. The highest BCUT2D eigenvalue weighted by Gasteiger charge is 2.36. The van der Waals surface area contributed by atoms with Crippen LogP contribution in [0.1, 0.15) is 53.4 Å². The lowest BCUT2D eigenvalue weighted by Crippen LogP contribution is -2.35. The predicted molar refractivity (Wildman–Crippen MR) is 234 cm³/mol. The van der Waals surface area contributed by atoms with Crippen molar-refractivity contribution < 1.29 is 0 Å². The molecular weight excluding hydrogens is 693 g/mol. The number of aliphatic imine (C=N–C) groups is 2. The molecule has 0 saturated heterocycles. The molecule has 270 valence electrons. The highest BCUT2D eigenvalue weighted by Crippen LogP contribution is 2.52. The second-order valence-corrected chi connectivity index (χ2v) is 15.3. The van der Waals surface area contributed by atoms with E-state index in [9.17, 15) is 5.26 Å². The minimum absolute atomic E-state index is 0.105. The maximum atomic E-state index is 10.3. The van der Waals surface area contributed by atoms with E-state index in [0.29, 0.717) is 5.56 Å². The van der Waals surface area contributed by atoms with E-state index >= 15 is 0 Å². The summed E-state index contributed by atoms with van der Waals surface area (Å²) in [6.45, 7) is 4.61. The second-order valence-electron chi connectivity index (χ2n) is 15.3. The van der Waals surface area contributed by atoms with Crippen molar-refractivity contribution in [2.45, 2.75) is 25.4 Å². The van der Waals surface area contributed by atoms with E-state index in [1.165, 1.54) is 22.3 Å². The summed E-state index contributed by atoms with van der Waals surface area (Å²) in [6, 6.07) is 66.2. The van der Waals surface area contributed by atoms with Crippen molar-refractivity contribution in [1.29, 1.82) is 5.26 Å². The van der Waals surface area contributed by atoms with Crippen molar-refractivity contribution >= 4 is 22.4 Å². The van der Waals surface area contributed by atoms with Crippen molar-refractivity contribution in [1.82, 2.24) is 5.32 Å². The lowest BCUT2D eigenvalue weighted by atomic mass is 9.82. The van der Waals surface area contributed by atoms with Gasteiger partial charge in [-0.2, -0.15) is 5.26 Å². The summed E-state index contributed by atoms with van der Waals surface area (Å²) in [5.74, 6) is 1.60. The summed E-state index contributed by atoms with van der Waals surface area (Å²) in [7, 11) is 0. The van der Waals surface area contributed by atoms with Gasteiger partial charge < -0.3 is 5.32 Å². The van der Waals surface area contributed by atoms with Crippen LogP contribution in [-0.4, -0.2) is 11.7 Å². The number of amidine groups is 2. The number of hydrogen-bond acceptors (Lipinski definition) is 4. The number of benzene rings is 8. The van der Waals surface area contributed by atoms with Crippen LogP contribution in [0, 0.1) is 11.3 Å². The Morgan fingerprint density at radius 2 is 1.00 bits per heavy atom. The Morgan fingerprint density at radius 1 is 0.474 bits per heavy atom. The quantitative estimate of drug-likeness (QED) is 0.185. The molecule has 0 saturated carbocycles. The number of nitrogens with zero attached hydrogens (tertiary/aromatic N) is 3. The van der Waals surface area contributed by atoms with Gasteiger partial charge in [-0.3, -0.25) is 0 Å². The van der Waals surface area contributed by atoms with Crippen LogP contribution in [0.25, 0.3) is 55.3 Å². The SMILES string of the molecule is CC1(C)c2ccccc2-c2c(-c3cc(C#N)cc(-c4ccc(-c5ccc(C6N=C(c7ccccc7)NC(c7ccccc7)=N6)cc5)c5ccccc45)c3)cccc21. The molecule has 8 aromatic carbocycles. The third kappa shape index (κ3) is 5.93. The van der Waals surface area contributed by atoms with E-state index in [-0.39, 0.29) is 5.41 Å². The van der Waals surface area contributed by atoms with E-state index in [2.05, 4.69) is 159 Å². The van der Waals surface area contributed by atoms with Crippen molar-refractivity contribution in [3.05, 3.63) is 215 Å². The maximum absolute atomic E-state index is 10.3. The molecule has 1 aliphatic carbocycles. The summed E-state index contributed by atoms with van der Waals surface area (Å²) in [5, 5.41) is 16.1. The average molecular weight is 731 g/mol. The van der Waals surface area contributed by atoms with Gasteiger partial charge in [0, 0.05) is 16.5 Å². The third-order valence-electron chi connectivity index (χ3n) is 11.6. The first-order valence-electron chi connectivity index (χ1n) is 19.4. The second kappa shape index (κ2) is 13.7. The Hall–Kier alpha value is -7.35. The van der Waals surface area contributed by atoms with Gasteiger partial charge in [-0.1, -0.05) is 178 Å². The summed E-state index contributed by atoms with van der Waals surface area (Å²) in [5.41, 5.74) is 15.3. The Bertz CT molecular complexity index is 2900. The molecule has 57 heavy (non-hydrogen) atoms. The molecule has 10 rings (SSSR count). The van der Waals surface area contributed by atoms with Gasteiger partial charge in [0.2, 0.25) is 0 Å². The molecule has 4 nitrogen and oxygen atoms in total. The van der Waals surface area contributed by atoms with E-state index in [1.807, 2.05) is 48.5 Å². The smallest absolute Gasteiger partial charge is 0.169 e. The molecule has 0 radical (unpaired) electrons. The van der Waals surface area contributed by atoms with Crippen molar-refractivity contribution in [3.8, 4) is 50.6 Å². The summed E-state index contributed by atoms with van der Waals surface area (Å²) < 4.78 is 0. The number of nitrogens with one attached hydrogen (secondary N) is 1. The number of hydrogen-bond donors (Lipinski definition) is 1. The first kappa shape index (κ1) is 34.2. The monoisotopic (exact) mass is 730 g/mol. The first-order chi connectivity index (χ1) is 28.0. The molecule has 1 N–H and O–H groups in total. The standard InChI is InChI=1S/C53H38N4/c1-53(2)47-22-12-11-20-46(47)49-43(21-13-23-48(49)53)40-31-34(33-54)30-39(32-40)42-29-28-41(44-18-9-10-19-45(42)44)35-24-26-38(27-25-35)52-56-50(36-14-5-3-6-15-36)55-51(57-52)37-16-7-4-8-17-37/h3-32,52H,1-2H3,(H,55,56,57). The Kier molecular flexibility index (Phi) is 8.24. The molecule has 0 unspecified atom stereocenters. The number of fused-ring (bicyclic) bond motifs is 4. The molecule has 0 atom stereocenters. The molecule has 2 aliphatic rings. The van der Waals surface area contributed by atoms with Crippen LogP contribution in [0.15, 0.2) is 192 Å². The van der Waals surface area contributed by atoms with Gasteiger partial charge in [0.1, 0.15) is 11.7 Å². The summed E-state index contributed by atoms with van der Waals surface area (Å²) in [6.07, 6.45) is -0.392. The fourth-order valence-electron chi connectivity index (χ4n) is 8.72. The van der Waals surface area contributed by atoms with E-state index in [4.69, 9.17) is 9.98 Å². The van der Waals surface area contributed by atoms with E-state index in [1.54, 1.807) is 0 Å². The van der Waals surface area contributed by atoms with Crippen LogP contribution in [0.5, 0.6) is 0 Å². The molecule has 8 aromatic rings. The van der Waals surface area contributed by atoms with Crippen molar-refractivity contribution in [2.24, 2.45) is 9.98 Å². The molecule has 0 amide bonds. The maximum Gasteiger partial charge on any atom is 0.169 e. The minimum Gasteiger partial charge on any atom is -0.324 e. The number of nitriles is 1. The molecule has 4 heteroatoms. The summed E-state index contributed by atoms with van der Waals surface area (Å²) in [4.78, 5) is 10.1. The zero-order chi connectivity index (χ0) is 38.5. The van der Waals surface area contributed by atoms with Gasteiger partial charge in [0.25, 0.3) is 0 Å². The van der Waals surface area contributed by atoms with Crippen LogP contribution in [0.3, 0.4) is 0 Å². The van der Waals surface area contributed by atoms with Gasteiger partial charge in [-0.25, -0.2) is 9.98 Å². The van der Waals surface area contributed by atoms with Gasteiger partial charge in [-0.05, 0) is 90.2 Å². The Morgan fingerprint density at radius 3 is 1.63 bits per heavy atom. The lowest BCUT2D eigenvalue weighted by Gasteiger charge is -2.22. The van der Waals surface area contributed by atoms with Crippen LogP contribution < -0.4 is 5.32 Å². The predicted octanol–water partition coefficient (Wildman–Crippen LogP) is 12.5. The van der Waals surface area contributed by atoms with Crippen LogP contribution in [-0.2, 0) is 5.41 Å². The lowest BCUT2D eigenvalue weighted by molar-refractivity contribution is 0.660. The molecule has 0 aromatic heterocycles. The molecule has 0 fully saturated rings. The van der Waals surface area contributed by atoms with Gasteiger partial charge in [0.05, 0.1) is 11.6 Å². The van der Waals surface area contributed by atoms with Crippen molar-refractivity contribution in [2.75, 3.05) is 0 Å². The highest BCUT2D eigenvalue weighted by molar-refractivity contribution is 6.16. The van der Waals surface area contributed by atoms with Crippen LogP contribution >= 0.6 is 0 Å². The van der Waals surface area contributed by atoms with Crippen LogP contribution in [0.2, 0.25) is 0 Å². The minimum atomic E-state index is -0.392. The zero-order valence-corrected chi connectivity index (χ0v) is 31.7. The fourth-order valence-corrected chi connectivity index (χ4v) is 8.72. The van der Waals surface area contributed by atoms with Gasteiger partial charge in [0.15, 0.2) is 6.17 Å². The van der Waals surface area contributed by atoms with E-state index < -0.39 is 6.17 Å². The van der Waals surface area contributed by atoms with Crippen LogP contribution in [0.4, 0.5) is 0 Å². The topological polar surface area (TPSA) is 60.5 Å². The zero-order valence-electron chi connectivity index (χ0n) is 31.7. The molecule has 1 aliphatic heterocycles. The van der Waals surface area contributed by atoms with Gasteiger partial charge in [-0.15, -0.1) is 0 Å². The molecule has 0 bridgehead atoms. The first-order valence-corrected chi connectivity index (χ1v) is 19.4. The molecule has 1 heterocycles. The largest absolute Gasteiger partial charge is 0.324 e. The third-order valence-corrected chi connectivity index (χ3v) is 11.6. The number of rotatable bonds is 6. The highest BCUT2D eigenvalue weighted by atomic mass is 15.2. The Labute approximate surface area is 333 Å². The molecular formula is C53H38N4. The fraction of sp³-hybridized carbons (Fsp3) is 0.0755. The average Bonchev–Trinajstić information content (AvgIpc) is 3.52.